The molecule has 0 radical (unpaired) electrons. The third kappa shape index (κ3) is 3.60. The van der Waals surface area contributed by atoms with Crippen molar-refractivity contribution in [2.24, 2.45) is 34.5 Å². The number of Topliss-reactive ketones (excluding diaryl/α,β-unsaturated/α-hetero) is 1. The lowest BCUT2D eigenvalue weighted by Gasteiger charge is -2.59. The van der Waals surface area contributed by atoms with E-state index in [4.69, 9.17) is 14.2 Å². The SMILES string of the molecule is CC(=O)OCC(=O)[C@@]12O[C@H](C3CCCCC3)O[C@@H]1CC1C3CC=C4CC(=O)C=C[C@]4(C)C3[C@@H](O)C[C@@]12C. The molecule has 1 heterocycles. The van der Waals surface area contributed by atoms with E-state index in [2.05, 4.69) is 19.9 Å². The monoisotopic (exact) mass is 512 g/mol. The number of hydrogen-bond donors (Lipinski definition) is 1. The Kier molecular flexibility index (Phi) is 6.09. The maximum Gasteiger partial charge on any atom is 0.303 e. The Bertz CT molecular complexity index is 1060. The highest BCUT2D eigenvalue weighted by Gasteiger charge is 2.76. The van der Waals surface area contributed by atoms with E-state index in [0.717, 1.165) is 37.7 Å². The van der Waals surface area contributed by atoms with Crippen molar-refractivity contribution in [3.05, 3.63) is 23.8 Å². The summed E-state index contributed by atoms with van der Waals surface area (Å²) in [6, 6.07) is 0. The Morgan fingerprint density at radius 2 is 1.95 bits per heavy atom. The van der Waals surface area contributed by atoms with Gasteiger partial charge in [0.25, 0.3) is 0 Å². The van der Waals surface area contributed by atoms with Gasteiger partial charge in [0, 0.05) is 36.0 Å². The van der Waals surface area contributed by atoms with Gasteiger partial charge in [-0.3, -0.25) is 14.4 Å². The largest absolute Gasteiger partial charge is 0.458 e. The minimum absolute atomic E-state index is 0.0384. The number of fused-ring (bicyclic) bond motifs is 7. The van der Waals surface area contributed by atoms with Crippen LogP contribution in [0.25, 0.3) is 0 Å². The van der Waals surface area contributed by atoms with Crippen molar-refractivity contribution >= 4 is 17.5 Å². The summed E-state index contributed by atoms with van der Waals surface area (Å²) in [7, 11) is 0. The number of hydrogen-bond acceptors (Lipinski definition) is 7. The van der Waals surface area contributed by atoms with Crippen molar-refractivity contribution in [2.45, 2.75) is 103 Å². The molecule has 7 nitrogen and oxygen atoms in total. The topological polar surface area (TPSA) is 99.1 Å². The molecule has 5 aliphatic carbocycles. The average molecular weight is 513 g/mol. The van der Waals surface area contributed by atoms with Crippen LogP contribution in [0.2, 0.25) is 0 Å². The van der Waals surface area contributed by atoms with Crippen molar-refractivity contribution in [1.82, 2.24) is 0 Å². The highest BCUT2D eigenvalue weighted by Crippen LogP contribution is 2.69. The first-order chi connectivity index (χ1) is 17.6. The van der Waals surface area contributed by atoms with E-state index in [9.17, 15) is 19.5 Å². The minimum Gasteiger partial charge on any atom is -0.458 e. The predicted octanol–water partition coefficient (Wildman–Crippen LogP) is 4.07. The fourth-order valence-electron chi connectivity index (χ4n) is 9.39. The first-order valence-electron chi connectivity index (χ1n) is 14.2. The molecule has 4 fully saturated rings. The van der Waals surface area contributed by atoms with Gasteiger partial charge in [-0.05, 0) is 50.0 Å². The smallest absolute Gasteiger partial charge is 0.303 e. The maximum atomic E-state index is 14.0. The molecule has 9 atom stereocenters. The van der Waals surface area contributed by atoms with Crippen LogP contribution >= 0.6 is 0 Å². The summed E-state index contributed by atoms with van der Waals surface area (Å²) in [6.07, 6.45) is 12.2. The molecular weight excluding hydrogens is 472 g/mol. The Morgan fingerprint density at radius 3 is 2.68 bits per heavy atom. The second kappa shape index (κ2) is 8.85. The van der Waals surface area contributed by atoms with Crippen molar-refractivity contribution in [3.8, 4) is 0 Å². The lowest BCUT2D eigenvalue weighted by atomic mass is 9.47. The number of aliphatic hydroxyl groups is 1. The van der Waals surface area contributed by atoms with Gasteiger partial charge in [-0.1, -0.05) is 50.8 Å². The average Bonchev–Trinajstić information content (AvgIpc) is 3.36. The molecule has 0 amide bonds. The van der Waals surface area contributed by atoms with Gasteiger partial charge in [-0.2, -0.15) is 0 Å². The van der Waals surface area contributed by atoms with Gasteiger partial charge in [0.2, 0.25) is 5.78 Å². The highest BCUT2D eigenvalue weighted by molar-refractivity contribution is 5.94. The zero-order chi connectivity index (χ0) is 26.2. The molecule has 0 aromatic rings. The quantitative estimate of drug-likeness (QED) is 0.448. The molecule has 0 bridgehead atoms. The van der Waals surface area contributed by atoms with E-state index in [1.165, 1.54) is 13.3 Å². The van der Waals surface area contributed by atoms with Crippen LogP contribution in [-0.4, -0.2) is 53.3 Å². The molecule has 1 N–H and O–H groups in total. The van der Waals surface area contributed by atoms with E-state index in [0.29, 0.717) is 19.3 Å². The third-order valence-electron chi connectivity index (χ3n) is 11.1. The van der Waals surface area contributed by atoms with Gasteiger partial charge in [-0.15, -0.1) is 0 Å². The first kappa shape index (κ1) is 25.4. The van der Waals surface area contributed by atoms with Crippen molar-refractivity contribution < 1.29 is 33.7 Å². The number of ether oxygens (including phenoxy) is 3. The second-order valence-electron chi connectivity index (χ2n) is 12.9. The summed E-state index contributed by atoms with van der Waals surface area (Å²) in [5.74, 6) is -0.191. The van der Waals surface area contributed by atoms with Crippen LogP contribution < -0.4 is 0 Å². The van der Waals surface area contributed by atoms with Crippen LogP contribution in [0.15, 0.2) is 23.8 Å². The van der Waals surface area contributed by atoms with E-state index in [1.807, 2.05) is 6.08 Å². The molecule has 1 saturated heterocycles. The number of rotatable bonds is 4. The molecule has 0 aromatic carbocycles. The second-order valence-corrected chi connectivity index (χ2v) is 12.9. The van der Waals surface area contributed by atoms with E-state index in [-0.39, 0.29) is 47.3 Å². The number of esters is 1. The molecule has 37 heavy (non-hydrogen) atoms. The van der Waals surface area contributed by atoms with Gasteiger partial charge in [0.05, 0.1) is 12.2 Å². The van der Waals surface area contributed by atoms with Crippen molar-refractivity contribution in [2.75, 3.05) is 6.61 Å². The molecule has 3 unspecified atom stereocenters. The van der Waals surface area contributed by atoms with E-state index in [1.54, 1.807) is 6.08 Å². The first-order valence-corrected chi connectivity index (χ1v) is 14.2. The van der Waals surface area contributed by atoms with Crippen LogP contribution in [0.4, 0.5) is 0 Å². The predicted molar refractivity (Wildman–Crippen MR) is 134 cm³/mol. The summed E-state index contributed by atoms with van der Waals surface area (Å²) < 4.78 is 18.7. The normalized spacial score (nSPS) is 46.9. The summed E-state index contributed by atoms with van der Waals surface area (Å²) >= 11 is 0. The maximum absolute atomic E-state index is 14.0. The number of aliphatic hydroxyl groups excluding tert-OH is 1. The third-order valence-corrected chi connectivity index (χ3v) is 11.1. The van der Waals surface area contributed by atoms with Crippen LogP contribution in [0, 0.1) is 34.5 Å². The molecule has 3 saturated carbocycles. The number of carbonyl (C=O) groups is 3. The molecule has 0 aromatic heterocycles. The standard InChI is InChI=1S/C30H40O7/c1-17(31)35-16-24(34)30-25(36-27(37-30)18-7-5-4-6-8-18)14-22-21-10-9-19-13-20(32)11-12-28(19,2)26(21)23(33)15-29(22,30)3/h9,11-12,18,21-23,25-27,33H,4-8,10,13-16H2,1-3H3/t21?,22?,23-,25+,26?,27+,28-,29-,30+/m0/s1. The van der Waals surface area contributed by atoms with Crippen LogP contribution in [0.1, 0.15) is 78.6 Å². The van der Waals surface area contributed by atoms with Crippen molar-refractivity contribution in [3.63, 3.8) is 0 Å². The van der Waals surface area contributed by atoms with Gasteiger partial charge >= 0.3 is 5.97 Å². The van der Waals surface area contributed by atoms with Gasteiger partial charge in [0.1, 0.15) is 0 Å². The zero-order valence-electron chi connectivity index (χ0n) is 22.2. The molecule has 0 spiro atoms. The fraction of sp³-hybridized carbons (Fsp3) is 0.767. The van der Waals surface area contributed by atoms with E-state index >= 15 is 0 Å². The summed E-state index contributed by atoms with van der Waals surface area (Å²) in [4.78, 5) is 37.8. The van der Waals surface area contributed by atoms with Crippen LogP contribution in [0.5, 0.6) is 0 Å². The fourth-order valence-corrected chi connectivity index (χ4v) is 9.39. The minimum atomic E-state index is -1.25. The van der Waals surface area contributed by atoms with Gasteiger partial charge in [-0.25, -0.2) is 0 Å². The number of carbonyl (C=O) groups excluding carboxylic acids is 3. The molecule has 7 heteroatoms. The highest BCUT2D eigenvalue weighted by atomic mass is 16.7. The molecule has 6 rings (SSSR count). The lowest BCUT2D eigenvalue weighted by molar-refractivity contribution is -0.208. The molecule has 1 aliphatic heterocycles. The Balaban J connectivity index is 1.37. The summed E-state index contributed by atoms with van der Waals surface area (Å²) in [6.45, 7) is 5.21. The van der Waals surface area contributed by atoms with Crippen LogP contribution in [-0.2, 0) is 28.6 Å². The molecular formula is C30H40O7. The zero-order valence-corrected chi connectivity index (χ0v) is 22.2. The number of allylic oxidation sites excluding steroid dienone is 4. The Labute approximate surface area is 219 Å². The Morgan fingerprint density at radius 1 is 1.19 bits per heavy atom. The van der Waals surface area contributed by atoms with Gasteiger partial charge < -0.3 is 19.3 Å². The number of ketones is 2. The summed E-state index contributed by atoms with van der Waals surface area (Å²) in [5.41, 5.74) is -1.18. The van der Waals surface area contributed by atoms with Crippen molar-refractivity contribution in [1.29, 1.82) is 0 Å². The molecule has 6 aliphatic rings. The summed E-state index contributed by atoms with van der Waals surface area (Å²) in [5, 5.41) is 11.8. The van der Waals surface area contributed by atoms with E-state index < -0.39 is 35.5 Å². The molecule has 202 valence electrons. The van der Waals surface area contributed by atoms with Crippen LogP contribution in [0.3, 0.4) is 0 Å². The Hall–Kier alpha value is -1.83. The van der Waals surface area contributed by atoms with Gasteiger partial charge in [0.15, 0.2) is 24.3 Å². The lowest BCUT2D eigenvalue weighted by Crippen LogP contribution is -2.63.